The van der Waals surface area contributed by atoms with E-state index >= 15 is 0 Å². The van der Waals surface area contributed by atoms with Gasteiger partial charge >= 0.3 is 0 Å². The van der Waals surface area contributed by atoms with Crippen molar-refractivity contribution < 1.29 is 4.79 Å². The summed E-state index contributed by atoms with van der Waals surface area (Å²) in [5.74, 6) is 0.0244. The number of benzene rings is 1. The van der Waals surface area contributed by atoms with Crippen LogP contribution in [0.15, 0.2) is 24.3 Å². The van der Waals surface area contributed by atoms with Gasteiger partial charge in [0.2, 0.25) is 5.91 Å². The molecule has 1 aliphatic rings. The molecule has 0 radical (unpaired) electrons. The molecule has 1 atom stereocenters. The molecule has 4 nitrogen and oxygen atoms in total. The third kappa shape index (κ3) is 2.34. The van der Waals surface area contributed by atoms with E-state index in [0.717, 1.165) is 11.4 Å². The fourth-order valence-corrected chi connectivity index (χ4v) is 2.49. The van der Waals surface area contributed by atoms with Crippen LogP contribution in [0.4, 0.5) is 11.4 Å². The molecule has 0 fully saturated rings. The first-order valence-corrected chi connectivity index (χ1v) is 6.29. The Morgan fingerprint density at radius 3 is 2.67 bits per heavy atom. The van der Waals surface area contributed by atoms with Crippen LogP contribution in [-0.2, 0) is 4.79 Å². The first-order valence-electron chi connectivity index (χ1n) is 6.29. The van der Waals surface area contributed by atoms with Gasteiger partial charge in [-0.1, -0.05) is 32.9 Å². The lowest BCUT2D eigenvalue weighted by Crippen LogP contribution is -2.53. The van der Waals surface area contributed by atoms with Crippen molar-refractivity contribution in [1.29, 1.82) is 0 Å². The summed E-state index contributed by atoms with van der Waals surface area (Å²) in [5.41, 5.74) is 7.88. The molecule has 1 heterocycles. The van der Waals surface area contributed by atoms with E-state index in [1.807, 2.05) is 24.3 Å². The standard InChI is InChI=1S/C14H21N3O/c1-14(2,3)12(8-15)17-9-13(18)16-10-6-4-5-7-11(10)17/h4-7,12H,8-9,15H2,1-3H3,(H,16,18). The van der Waals surface area contributed by atoms with E-state index in [2.05, 4.69) is 31.0 Å². The lowest BCUT2D eigenvalue weighted by molar-refractivity contribution is -0.115. The van der Waals surface area contributed by atoms with E-state index in [-0.39, 0.29) is 17.4 Å². The maximum Gasteiger partial charge on any atom is 0.243 e. The molecule has 98 valence electrons. The second-order valence-corrected chi connectivity index (χ2v) is 5.81. The van der Waals surface area contributed by atoms with Crippen molar-refractivity contribution in [2.75, 3.05) is 23.3 Å². The number of nitrogens with two attached hydrogens (primary N) is 1. The first kappa shape index (κ1) is 12.9. The highest BCUT2D eigenvalue weighted by Crippen LogP contribution is 2.35. The molecule has 1 aromatic carbocycles. The van der Waals surface area contributed by atoms with Crippen LogP contribution in [0.2, 0.25) is 0 Å². The molecular weight excluding hydrogens is 226 g/mol. The lowest BCUT2D eigenvalue weighted by atomic mass is 9.85. The van der Waals surface area contributed by atoms with Gasteiger partial charge in [-0.2, -0.15) is 0 Å². The van der Waals surface area contributed by atoms with Crippen LogP contribution in [-0.4, -0.2) is 25.0 Å². The number of para-hydroxylation sites is 2. The molecule has 0 aromatic heterocycles. The number of rotatable bonds is 2. The highest BCUT2D eigenvalue weighted by atomic mass is 16.2. The monoisotopic (exact) mass is 247 g/mol. The number of anilines is 2. The minimum absolute atomic E-state index is 0.0244. The van der Waals surface area contributed by atoms with Crippen molar-refractivity contribution in [3.63, 3.8) is 0 Å². The molecule has 0 spiro atoms. The summed E-state index contributed by atoms with van der Waals surface area (Å²) in [4.78, 5) is 13.9. The molecular formula is C14H21N3O. The van der Waals surface area contributed by atoms with Crippen molar-refractivity contribution in [3.8, 4) is 0 Å². The van der Waals surface area contributed by atoms with Gasteiger partial charge in [0, 0.05) is 12.6 Å². The molecule has 3 N–H and O–H groups in total. The number of nitrogens with zero attached hydrogens (tertiary/aromatic N) is 1. The predicted octanol–water partition coefficient (Wildman–Crippen LogP) is 1.82. The Hall–Kier alpha value is -1.55. The number of carbonyl (C=O) groups excluding carboxylic acids is 1. The average molecular weight is 247 g/mol. The van der Waals surface area contributed by atoms with E-state index in [1.165, 1.54) is 0 Å². The Morgan fingerprint density at radius 2 is 2.06 bits per heavy atom. The van der Waals surface area contributed by atoms with Crippen LogP contribution in [0.3, 0.4) is 0 Å². The molecule has 1 aliphatic heterocycles. The highest BCUT2D eigenvalue weighted by molar-refractivity contribution is 6.01. The zero-order valence-corrected chi connectivity index (χ0v) is 11.2. The predicted molar refractivity (Wildman–Crippen MR) is 74.7 cm³/mol. The molecule has 1 amide bonds. The van der Waals surface area contributed by atoms with Gasteiger partial charge in [-0.3, -0.25) is 4.79 Å². The van der Waals surface area contributed by atoms with Crippen LogP contribution in [0.5, 0.6) is 0 Å². The third-order valence-corrected chi connectivity index (χ3v) is 3.40. The number of nitrogens with one attached hydrogen (secondary N) is 1. The number of hydrogen-bond donors (Lipinski definition) is 2. The Balaban J connectivity index is 2.42. The second kappa shape index (κ2) is 4.61. The molecule has 4 heteroatoms. The topological polar surface area (TPSA) is 58.4 Å². The smallest absolute Gasteiger partial charge is 0.243 e. The van der Waals surface area contributed by atoms with Gasteiger partial charge in [-0.05, 0) is 17.5 Å². The zero-order chi connectivity index (χ0) is 13.3. The van der Waals surface area contributed by atoms with E-state index in [9.17, 15) is 4.79 Å². The van der Waals surface area contributed by atoms with Gasteiger partial charge in [0.05, 0.1) is 17.9 Å². The van der Waals surface area contributed by atoms with Crippen molar-refractivity contribution in [2.24, 2.45) is 11.1 Å². The van der Waals surface area contributed by atoms with Gasteiger partial charge in [0.15, 0.2) is 0 Å². The number of fused-ring (bicyclic) bond motifs is 1. The van der Waals surface area contributed by atoms with Gasteiger partial charge in [-0.25, -0.2) is 0 Å². The van der Waals surface area contributed by atoms with Crippen molar-refractivity contribution in [3.05, 3.63) is 24.3 Å². The van der Waals surface area contributed by atoms with Crippen molar-refractivity contribution >= 4 is 17.3 Å². The first-order chi connectivity index (χ1) is 8.43. The van der Waals surface area contributed by atoms with Crippen LogP contribution in [0, 0.1) is 5.41 Å². The molecule has 0 saturated heterocycles. The molecule has 2 rings (SSSR count). The molecule has 1 aromatic rings. The van der Waals surface area contributed by atoms with E-state index in [0.29, 0.717) is 13.1 Å². The normalized spacial score (nSPS) is 17.1. The van der Waals surface area contributed by atoms with Crippen molar-refractivity contribution in [1.82, 2.24) is 0 Å². The maximum atomic E-state index is 11.8. The second-order valence-electron chi connectivity index (χ2n) is 5.81. The Kier molecular flexibility index (Phi) is 3.30. The van der Waals surface area contributed by atoms with Crippen LogP contribution in [0.25, 0.3) is 0 Å². The average Bonchev–Trinajstić information content (AvgIpc) is 2.27. The summed E-state index contributed by atoms with van der Waals surface area (Å²) >= 11 is 0. The highest BCUT2D eigenvalue weighted by Gasteiger charge is 2.33. The van der Waals surface area contributed by atoms with E-state index in [1.54, 1.807) is 0 Å². The maximum absolute atomic E-state index is 11.8. The molecule has 18 heavy (non-hydrogen) atoms. The number of amides is 1. The SMILES string of the molecule is CC(C)(C)C(CN)N1CC(=O)Nc2ccccc21. The largest absolute Gasteiger partial charge is 0.356 e. The molecule has 0 aliphatic carbocycles. The summed E-state index contributed by atoms with van der Waals surface area (Å²) in [5, 5.41) is 2.90. The molecule has 0 saturated carbocycles. The summed E-state index contributed by atoms with van der Waals surface area (Å²) in [6.07, 6.45) is 0. The third-order valence-electron chi connectivity index (χ3n) is 3.40. The molecule has 1 unspecified atom stereocenters. The summed E-state index contributed by atoms with van der Waals surface area (Å²) < 4.78 is 0. The lowest BCUT2D eigenvalue weighted by Gasteiger charge is -2.43. The fourth-order valence-electron chi connectivity index (χ4n) is 2.49. The number of carbonyl (C=O) groups is 1. The fraction of sp³-hybridized carbons (Fsp3) is 0.500. The summed E-state index contributed by atoms with van der Waals surface area (Å²) in [6, 6.07) is 8.01. The van der Waals surface area contributed by atoms with Gasteiger partial charge < -0.3 is 16.0 Å². The van der Waals surface area contributed by atoms with E-state index < -0.39 is 0 Å². The minimum Gasteiger partial charge on any atom is -0.356 e. The van der Waals surface area contributed by atoms with Crippen LogP contribution >= 0.6 is 0 Å². The number of hydrogen-bond acceptors (Lipinski definition) is 3. The summed E-state index contributed by atoms with van der Waals surface area (Å²) in [7, 11) is 0. The quantitative estimate of drug-likeness (QED) is 0.838. The molecule has 0 bridgehead atoms. The Bertz CT molecular complexity index is 451. The zero-order valence-electron chi connectivity index (χ0n) is 11.2. The summed E-state index contributed by atoms with van der Waals surface area (Å²) in [6.45, 7) is 7.36. The Morgan fingerprint density at radius 1 is 1.39 bits per heavy atom. The van der Waals surface area contributed by atoms with E-state index in [4.69, 9.17) is 5.73 Å². The van der Waals surface area contributed by atoms with Gasteiger partial charge in [-0.15, -0.1) is 0 Å². The van der Waals surface area contributed by atoms with Crippen LogP contribution < -0.4 is 16.0 Å². The van der Waals surface area contributed by atoms with Crippen molar-refractivity contribution in [2.45, 2.75) is 26.8 Å². The Labute approximate surface area is 108 Å². The van der Waals surface area contributed by atoms with Gasteiger partial charge in [0.25, 0.3) is 0 Å². The van der Waals surface area contributed by atoms with Crippen LogP contribution in [0.1, 0.15) is 20.8 Å². The minimum atomic E-state index is 0.0244. The van der Waals surface area contributed by atoms with Gasteiger partial charge in [0.1, 0.15) is 0 Å².